The molecule has 2 aromatic rings. The van der Waals surface area contributed by atoms with Gasteiger partial charge in [0.05, 0.1) is 23.7 Å². The number of pyridine rings is 1. The number of carbonyl (C=O) groups is 1. The van der Waals surface area contributed by atoms with Gasteiger partial charge in [0, 0.05) is 31.4 Å². The van der Waals surface area contributed by atoms with E-state index >= 15 is 0 Å². The zero-order chi connectivity index (χ0) is 22.3. The van der Waals surface area contributed by atoms with Crippen LogP contribution in [0.4, 0.5) is 24.5 Å². The fraction of sp³-hybridized carbons (Fsp3) is 0.538. The summed E-state index contributed by atoms with van der Waals surface area (Å²) >= 11 is 0. The standard InChI is InChI=1S/C23H26F3N3O2.3CH4/c1-4-29-21-12-27-15(9-20(21)28(3)13(2)23(29)30)6-5-14-7-16(8-14)31-17-10-18(24)22(26)19(25)11-17;;;/h9-14,16H,4-8H2,1-3H3;3*1H4/t13-,14?,16?;;;/m0.../s1. The van der Waals surface area contributed by atoms with E-state index in [1.165, 1.54) is 0 Å². The number of benzene rings is 1. The van der Waals surface area contributed by atoms with Crippen molar-refractivity contribution in [3.05, 3.63) is 47.5 Å². The second-order valence-electron chi connectivity index (χ2n) is 8.35. The summed E-state index contributed by atoms with van der Waals surface area (Å²) in [4.78, 5) is 20.8. The summed E-state index contributed by atoms with van der Waals surface area (Å²) in [5.74, 6) is -3.44. The molecule has 0 bridgehead atoms. The predicted octanol–water partition coefficient (Wildman–Crippen LogP) is 6.39. The van der Waals surface area contributed by atoms with Gasteiger partial charge in [-0.2, -0.15) is 0 Å². The average Bonchev–Trinajstić information content (AvgIpc) is 2.72. The van der Waals surface area contributed by atoms with E-state index in [2.05, 4.69) is 11.1 Å². The van der Waals surface area contributed by atoms with Crippen LogP contribution in [0.3, 0.4) is 0 Å². The van der Waals surface area contributed by atoms with Crippen molar-refractivity contribution in [3.63, 3.8) is 0 Å². The highest BCUT2D eigenvalue weighted by Gasteiger charge is 2.34. The highest BCUT2D eigenvalue weighted by molar-refractivity contribution is 6.04. The van der Waals surface area contributed by atoms with Crippen LogP contribution in [0.15, 0.2) is 24.4 Å². The first-order valence-electron chi connectivity index (χ1n) is 10.6. The summed E-state index contributed by atoms with van der Waals surface area (Å²) in [6.45, 7) is 4.47. The normalized spacial score (nSPS) is 20.9. The van der Waals surface area contributed by atoms with Gasteiger partial charge in [0.25, 0.3) is 0 Å². The lowest BCUT2D eigenvalue weighted by Gasteiger charge is -2.39. The highest BCUT2D eigenvalue weighted by atomic mass is 19.2. The number of carbonyl (C=O) groups excluding carboxylic acids is 1. The van der Waals surface area contributed by atoms with Crippen molar-refractivity contribution in [3.8, 4) is 5.75 Å². The first-order valence-corrected chi connectivity index (χ1v) is 10.6. The van der Waals surface area contributed by atoms with Gasteiger partial charge in [0.2, 0.25) is 5.91 Å². The molecule has 4 rings (SSSR count). The number of rotatable bonds is 6. The lowest BCUT2D eigenvalue weighted by atomic mass is 9.79. The van der Waals surface area contributed by atoms with Gasteiger partial charge >= 0.3 is 0 Å². The van der Waals surface area contributed by atoms with Crippen molar-refractivity contribution in [2.75, 3.05) is 23.4 Å². The lowest BCUT2D eigenvalue weighted by Crippen LogP contribution is -2.50. The maximum Gasteiger partial charge on any atom is 0.249 e. The summed E-state index contributed by atoms with van der Waals surface area (Å²) in [7, 11) is 1.92. The topological polar surface area (TPSA) is 45.7 Å². The molecule has 1 atom stereocenters. The lowest BCUT2D eigenvalue weighted by molar-refractivity contribution is -0.119. The number of ether oxygens (including phenoxy) is 1. The Morgan fingerprint density at radius 3 is 2.26 bits per heavy atom. The van der Waals surface area contributed by atoms with E-state index in [-0.39, 0.29) is 46.1 Å². The average molecular weight is 482 g/mol. The third-order valence-corrected chi connectivity index (χ3v) is 6.37. The van der Waals surface area contributed by atoms with Gasteiger partial charge in [-0.15, -0.1) is 0 Å². The van der Waals surface area contributed by atoms with Gasteiger partial charge in [0.15, 0.2) is 17.5 Å². The molecule has 1 saturated carbocycles. The second kappa shape index (κ2) is 11.6. The van der Waals surface area contributed by atoms with Gasteiger partial charge in [-0.05, 0) is 51.5 Å². The Hall–Kier alpha value is -2.77. The number of amides is 1. The first-order chi connectivity index (χ1) is 14.8. The van der Waals surface area contributed by atoms with Gasteiger partial charge in [-0.3, -0.25) is 9.78 Å². The van der Waals surface area contributed by atoms with Crippen LogP contribution in [0, 0.1) is 23.4 Å². The number of anilines is 2. The number of aryl methyl sites for hydroxylation is 1. The van der Waals surface area contributed by atoms with Crippen molar-refractivity contribution in [2.24, 2.45) is 5.92 Å². The Kier molecular flexibility index (Phi) is 9.97. The maximum atomic E-state index is 13.3. The van der Waals surface area contributed by atoms with Crippen LogP contribution < -0.4 is 14.5 Å². The first kappa shape index (κ1) is 29.3. The number of nitrogens with zero attached hydrogens (tertiary/aromatic N) is 3. The Morgan fingerprint density at radius 1 is 1.06 bits per heavy atom. The highest BCUT2D eigenvalue weighted by Crippen LogP contribution is 2.37. The molecule has 2 heterocycles. The smallest absolute Gasteiger partial charge is 0.249 e. The Balaban J connectivity index is 0.00000193. The Bertz CT molecular complexity index is 972. The number of likely N-dealkylation sites (N-methyl/N-ethyl adjacent to an activating group) is 2. The van der Waals surface area contributed by atoms with Gasteiger partial charge < -0.3 is 14.5 Å². The van der Waals surface area contributed by atoms with Crippen molar-refractivity contribution in [1.29, 1.82) is 0 Å². The SMILES string of the molecule is C.C.C.CCN1C(=O)[C@H](C)N(C)c2cc(CCC3CC(Oc4cc(F)c(F)c(F)c4)C3)ncc21. The fourth-order valence-electron chi connectivity index (χ4n) is 4.30. The third-order valence-electron chi connectivity index (χ3n) is 6.37. The fourth-order valence-corrected chi connectivity index (χ4v) is 4.30. The molecule has 0 saturated heterocycles. The molecule has 1 aliphatic heterocycles. The van der Waals surface area contributed by atoms with Gasteiger partial charge in [0.1, 0.15) is 11.8 Å². The minimum Gasteiger partial charge on any atom is -0.490 e. The number of fused-ring (bicyclic) bond motifs is 1. The molecule has 0 unspecified atom stereocenters. The maximum absolute atomic E-state index is 13.3. The van der Waals surface area contributed by atoms with E-state index in [1.54, 1.807) is 11.1 Å². The van der Waals surface area contributed by atoms with Crippen LogP contribution in [-0.4, -0.2) is 36.6 Å². The molecular formula is C26H38F3N3O2. The quantitative estimate of drug-likeness (QED) is 0.449. The summed E-state index contributed by atoms with van der Waals surface area (Å²) in [6, 6.07) is 3.60. The molecule has 1 aromatic heterocycles. The van der Waals surface area contributed by atoms with Gasteiger partial charge in [-0.1, -0.05) is 22.3 Å². The minimum absolute atomic E-state index is 0. The molecular weight excluding hydrogens is 443 g/mol. The van der Waals surface area contributed by atoms with Crippen molar-refractivity contribution in [1.82, 2.24) is 4.98 Å². The molecule has 0 N–H and O–H groups in total. The predicted molar refractivity (Wildman–Crippen MR) is 132 cm³/mol. The van der Waals surface area contributed by atoms with Crippen molar-refractivity contribution in [2.45, 2.75) is 74.0 Å². The number of hydrogen-bond acceptors (Lipinski definition) is 4. The van der Waals surface area contributed by atoms with Crippen molar-refractivity contribution < 1.29 is 22.7 Å². The van der Waals surface area contributed by atoms with Crippen LogP contribution in [0.5, 0.6) is 5.75 Å². The summed E-state index contributed by atoms with van der Waals surface area (Å²) in [5, 5.41) is 0. The Labute approximate surface area is 201 Å². The summed E-state index contributed by atoms with van der Waals surface area (Å²) in [5.41, 5.74) is 2.82. The van der Waals surface area contributed by atoms with E-state index < -0.39 is 17.5 Å². The van der Waals surface area contributed by atoms with Crippen LogP contribution in [-0.2, 0) is 11.2 Å². The monoisotopic (exact) mass is 481 g/mol. The molecule has 1 fully saturated rings. The number of hydrogen-bond donors (Lipinski definition) is 0. The molecule has 5 nitrogen and oxygen atoms in total. The molecule has 0 radical (unpaired) electrons. The van der Waals surface area contributed by atoms with E-state index in [4.69, 9.17) is 4.74 Å². The minimum atomic E-state index is -1.48. The molecule has 1 aromatic carbocycles. The largest absolute Gasteiger partial charge is 0.490 e. The van der Waals surface area contributed by atoms with Crippen LogP contribution in [0.1, 0.15) is 61.1 Å². The van der Waals surface area contributed by atoms with E-state index in [1.807, 2.05) is 25.8 Å². The molecule has 34 heavy (non-hydrogen) atoms. The van der Waals surface area contributed by atoms with Crippen LogP contribution >= 0.6 is 0 Å². The molecule has 190 valence electrons. The van der Waals surface area contributed by atoms with Crippen LogP contribution in [0.2, 0.25) is 0 Å². The number of aromatic nitrogens is 1. The zero-order valence-corrected chi connectivity index (χ0v) is 17.9. The summed E-state index contributed by atoms with van der Waals surface area (Å²) in [6.07, 6.45) is 4.93. The molecule has 1 amide bonds. The van der Waals surface area contributed by atoms with Crippen LogP contribution in [0.25, 0.3) is 0 Å². The number of halogens is 3. The molecule has 1 aliphatic carbocycles. The van der Waals surface area contributed by atoms with Gasteiger partial charge in [-0.25, -0.2) is 13.2 Å². The van der Waals surface area contributed by atoms with Crippen molar-refractivity contribution >= 4 is 17.3 Å². The molecule has 8 heteroatoms. The Morgan fingerprint density at radius 2 is 1.68 bits per heavy atom. The molecule has 0 spiro atoms. The second-order valence-corrected chi connectivity index (χ2v) is 8.35. The van der Waals surface area contributed by atoms with E-state index in [0.29, 0.717) is 12.5 Å². The van der Waals surface area contributed by atoms with E-state index in [9.17, 15) is 18.0 Å². The van der Waals surface area contributed by atoms with E-state index in [0.717, 1.165) is 54.9 Å². The summed E-state index contributed by atoms with van der Waals surface area (Å²) < 4.78 is 45.2. The molecule has 2 aliphatic rings. The zero-order valence-electron chi connectivity index (χ0n) is 17.9. The third kappa shape index (κ3) is 5.47.